The summed E-state index contributed by atoms with van der Waals surface area (Å²) in [5.41, 5.74) is 1.19. The quantitative estimate of drug-likeness (QED) is 0.840. The summed E-state index contributed by atoms with van der Waals surface area (Å²) in [6.07, 6.45) is 1.42. The molecule has 1 aromatic rings. The lowest BCUT2D eigenvalue weighted by molar-refractivity contribution is 0.0195. The van der Waals surface area contributed by atoms with E-state index < -0.39 is 0 Å². The third-order valence-corrected chi connectivity index (χ3v) is 5.89. The van der Waals surface area contributed by atoms with Gasteiger partial charge in [-0.25, -0.2) is 0 Å². The van der Waals surface area contributed by atoms with Gasteiger partial charge in [0.25, 0.3) is 5.91 Å². The van der Waals surface area contributed by atoms with Crippen LogP contribution in [0.2, 0.25) is 0 Å². The second-order valence-corrected chi connectivity index (χ2v) is 7.53. The van der Waals surface area contributed by atoms with Crippen molar-refractivity contribution in [3.05, 3.63) is 11.4 Å². The Morgan fingerprint density at radius 3 is 2.46 bits per heavy atom. The van der Waals surface area contributed by atoms with E-state index in [1.54, 1.807) is 0 Å². The zero-order valence-corrected chi connectivity index (χ0v) is 15.3. The number of likely N-dealkylation sites (tertiary alicyclic amines) is 1. The molecule has 24 heavy (non-hydrogen) atoms. The molecule has 3 heterocycles. The molecule has 0 spiro atoms. The van der Waals surface area contributed by atoms with Gasteiger partial charge >= 0.3 is 0 Å². The van der Waals surface area contributed by atoms with Gasteiger partial charge in [0.15, 0.2) is 5.69 Å². The molecule has 2 aliphatic heterocycles. The summed E-state index contributed by atoms with van der Waals surface area (Å²) in [6.45, 7) is 8.16. The van der Waals surface area contributed by atoms with Gasteiger partial charge in [-0.15, -0.1) is 0 Å². The lowest BCUT2D eigenvalue weighted by Crippen LogP contribution is -2.49. The lowest BCUT2D eigenvalue weighted by Gasteiger charge is -2.38. The number of rotatable bonds is 4. The highest BCUT2D eigenvalue weighted by Gasteiger charge is 2.30. The van der Waals surface area contributed by atoms with Crippen molar-refractivity contribution in [3.8, 4) is 0 Å². The minimum atomic E-state index is -0.298. The summed E-state index contributed by atoms with van der Waals surface area (Å²) in [5, 5.41) is 10.6. The van der Waals surface area contributed by atoms with Gasteiger partial charge in [0.05, 0.1) is 23.5 Å². The largest absolute Gasteiger partial charge is 0.392 e. The van der Waals surface area contributed by atoms with Gasteiger partial charge in [0, 0.05) is 45.8 Å². The molecule has 1 unspecified atom stereocenters. The number of amides is 1. The highest BCUT2D eigenvalue weighted by atomic mass is 32.1. The summed E-state index contributed by atoms with van der Waals surface area (Å²) >= 11 is 1.09. The molecule has 1 aromatic heterocycles. The van der Waals surface area contributed by atoms with Crippen LogP contribution in [0.4, 0.5) is 0 Å². The van der Waals surface area contributed by atoms with Crippen molar-refractivity contribution >= 4 is 17.6 Å². The highest BCUT2D eigenvalue weighted by Crippen LogP contribution is 2.23. The Morgan fingerprint density at radius 2 is 1.88 bits per heavy atom. The normalized spacial score (nSPS) is 22.7. The van der Waals surface area contributed by atoms with Crippen LogP contribution >= 0.6 is 11.7 Å². The first-order valence-corrected chi connectivity index (χ1v) is 9.45. The average Bonchev–Trinajstić information content (AvgIpc) is 3.02. The number of β-amino-alcohol motifs (C(OH)–C–C–N with tert-alkyl or cyclic N) is 1. The number of likely N-dealkylation sites (N-methyl/N-ethyl adjacent to an activating group) is 1. The van der Waals surface area contributed by atoms with Crippen LogP contribution in [-0.4, -0.2) is 93.4 Å². The van der Waals surface area contributed by atoms with Crippen LogP contribution in [0, 0.1) is 12.8 Å². The van der Waals surface area contributed by atoms with E-state index in [1.807, 2.05) is 11.8 Å². The van der Waals surface area contributed by atoms with Crippen molar-refractivity contribution in [2.24, 2.45) is 5.92 Å². The molecule has 0 bridgehead atoms. The molecular formula is C16H27N5O2S. The molecule has 0 aliphatic carbocycles. The first-order valence-electron chi connectivity index (χ1n) is 8.72. The lowest BCUT2D eigenvalue weighted by atomic mass is 9.90. The molecule has 3 rings (SSSR count). The van der Waals surface area contributed by atoms with Gasteiger partial charge in [-0.3, -0.25) is 9.69 Å². The van der Waals surface area contributed by atoms with Gasteiger partial charge in [-0.1, -0.05) is 0 Å². The number of carbonyl (C=O) groups excluding carboxylic acids is 1. The molecule has 0 radical (unpaired) electrons. The molecule has 0 aromatic carbocycles. The number of hydrogen-bond acceptors (Lipinski definition) is 7. The molecule has 1 amide bonds. The van der Waals surface area contributed by atoms with Crippen molar-refractivity contribution in [1.29, 1.82) is 0 Å². The van der Waals surface area contributed by atoms with Gasteiger partial charge in [0.1, 0.15) is 0 Å². The molecule has 1 N–H and O–H groups in total. The predicted octanol–water partition coefficient (Wildman–Crippen LogP) is 0.307. The number of aromatic nitrogens is 2. The maximum Gasteiger partial charge on any atom is 0.275 e. The first-order chi connectivity index (χ1) is 11.5. The zero-order valence-electron chi connectivity index (χ0n) is 14.5. The average molecular weight is 353 g/mol. The molecule has 2 saturated heterocycles. The van der Waals surface area contributed by atoms with E-state index in [0.29, 0.717) is 24.5 Å². The number of nitrogens with zero attached hydrogens (tertiary/aromatic N) is 5. The zero-order chi connectivity index (χ0) is 17.1. The third kappa shape index (κ3) is 4.11. The van der Waals surface area contributed by atoms with Crippen LogP contribution in [0.3, 0.4) is 0 Å². The fourth-order valence-corrected chi connectivity index (χ4v) is 4.05. The Bertz CT molecular complexity index is 550. The third-order valence-electron chi connectivity index (χ3n) is 5.27. The van der Waals surface area contributed by atoms with Crippen molar-refractivity contribution in [3.63, 3.8) is 0 Å². The van der Waals surface area contributed by atoms with Crippen LogP contribution in [-0.2, 0) is 0 Å². The summed E-state index contributed by atoms with van der Waals surface area (Å²) in [7, 11) is 2.14. The number of piperazine rings is 1. The minimum Gasteiger partial charge on any atom is -0.392 e. The Balaban J connectivity index is 1.46. The first kappa shape index (κ1) is 17.7. The molecule has 1 atom stereocenters. The van der Waals surface area contributed by atoms with Crippen molar-refractivity contribution in [2.75, 3.05) is 52.9 Å². The number of aliphatic hydroxyl groups excluding tert-OH is 1. The Morgan fingerprint density at radius 1 is 1.21 bits per heavy atom. The Hall–Kier alpha value is -1.09. The van der Waals surface area contributed by atoms with Crippen molar-refractivity contribution in [2.45, 2.75) is 25.9 Å². The van der Waals surface area contributed by atoms with Crippen LogP contribution in [0.25, 0.3) is 0 Å². The molecule has 2 fully saturated rings. The van der Waals surface area contributed by atoms with E-state index in [0.717, 1.165) is 57.3 Å². The van der Waals surface area contributed by atoms with Crippen molar-refractivity contribution in [1.82, 2.24) is 23.4 Å². The monoisotopic (exact) mass is 353 g/mol. The summed E-state index contributed by atoms with van der Waals surface area (Å²) in [4.78, 5) is 19.0. The minimum absolute atomic E-state index is 0.0201. The molecule has 2 aliphatic rings. The smallest absolute Gasteiger partial charge is 0.275 e. The molecule has 7 nitrogen and oxygen atoms in total. The number of aryl methyl sites for hydroxylation is 1. The van der Waals surface area contributed by atoms with Crippen LogP contribution < -0.4 is 0 Å². The maximum absolute atomic E-state index is 12.5. The topological polar surface area (TPSA) is 72.8 Å². The van der Waals surface area contributed by atoms with Crippen LogP contribution in [0.1, 0.15) is 29.0 Å². The summed E-state index contributed by atoms with van der Waals surface area (Å²) in [5.74, 6) is 0.261. The van der Waals surface area contributed by atoms with Gasteiger partial charge in [-0.2, -0.15) is 8.75 Å². The number of hydrogen-bond donors (Lipinski definition) is 1. The van der Waals surface area contributed by atoms with E-state index in [9.17, 15) is 9.90 Å². The summed E-state index contributed by atoms with van der Waals surface area (Å²) < 4.78 is 8.19. The van der Waals surface area contributed by atoms with Crippen LogP contribution in [0.15, 0.2) is 0 Å². The SMILES string of the molecule is Cc1nsnc1C(=O)N1CCC(C(O)CN2CCN(C)CC2)CC1. The second-order valence-electron chi connectivity index (χ2n) is 7.00. The number of carbonyl (C=O) groups is 1. The van der Waals surface area contributed by atoms with Crippen molar-refractivity contribution < 1.29 is 9.90 Å². The van der Waals surface area contributed by atoms with E-state index in [-0.39, 0.29) is 17.9 Å². The van der Waals surface area contributed by atoms with Gasteiger partial charge < -0.3 is 14.9 Å². The molecule has 0 saturated carbocycles. The number of piperidine rings is 1. The molecule has 8 heteroatoms. The van der Waals surface area contributed by atoms with Gasteiger partial charge in [0.2, 0.25) is 0 Å². The standard InChI is InChI=1S/C16H27N5O2S/c1-12-15(18-24-17-12)16(23)21-5-3-13(4-6-21)14(22)11-20-9-7-19(2)8-10-20/h13-14,22H,3-11H2,1-2H3. The predicted molar refractivity (Wildman–Crippen MR) is 93.2 cm³/mol. The highest BCUT2D eigenvalue weighted by molar-refractivity contribution is 6.99. The van der Waals surface area contributed by atoms with E-state index in [4.69, 9.17) is 0 Å². The second kappa shape index (κ2) is 7.86. The van der Waals surface area contributed by atoms with E-state index in [2.05, 4.69) is 25.6 Å². The fraction of sp³-hybridized carbons (Fsp3) is 0.812. The van der Waals surface area contributed by atoms with E-state index in [1.165, 1.54) is 0 Å². The summed E-state index contributed by atoms with van der Waals surface area (Å²) in [6, 6.07) is 0. The van der Waals surface area contributed by atoms with Gasteiger partial charge in [-0.05, 0) is 32.7 Å². The number of aliphatic hydroxyl groups is 1. The van der Waals surface area contributed by atoms with Crippen LogP contribution in [0.5, 0.6) is 0 Å². The maximum atomic E-state index is 12.5. The molecular weight excluding hydrogens is 326 g/mol. The van der Waals surface area contributed by atoms with E-state index >= 15 is 0 Å². The Kier molecular flexibility index (Phi) is 5.80. The molecule has 134 valence electrons. The fourth-order valence-electron chi connectivity index (χ4n) is 3.51. The Labute approximate surface area is 147 Å².